The van der Waals surface area contributed by atoms with Gasteiger partial charge in [-0.1, -0.05) is 55.1 Å². The van der Waals surface area contributed by atoms with Crippen molar-refractivity contribution < 1.29 is 14.6 Å². The molecule has 130 valence electrons. The van der Waals surface area contributed by atoms with E-state index in [9.17, 15) is 9.90 Å². The first-order valence-electron chi connectivity index (χ1n) is 7.71. The highest BCUT2D eigenvalue weighted by molar-refractivity contribution is 6.36. The lowest BCUT2D eigenvalue weighted by Crippen LogP contribution is -1.96. The van der Waals surface area contributed by atoms with Crippen LogP contribution in [0.5, 0.6) is 5.75 Å². The average molecular weight is 377 g/mol. The zero-order chi connectivity index (χ0) is 18.6. The van der Waals surface area contributed by atoms with Gasteiger partial charge in [-0.3, -0.25) is 0 Å². The van der Waals surface area contributed by atoms with E-state index in [0.717, 1.165) is 16.7 Å². The number of hydrogen-bond acceptors (Lipinski definition) is 3. The summed E-state index contributed by atoms with van der Waals surface area (Å²) >= 11 is 12.7. The standard InChI is InChI=1S/C20H18Cl2O3/c1-12(2)15-8-13(4-6-19(15)23)9-16-17(21)10-14(11-18(16)22)5-7-20(24)25-3/h4,6,8,10-12,23H,9H2,1-3H3. The number of phenols is 1. The molecule has 0 unspecified atom stereocenters. The lowest BCUT2D eigenvalue weighted by molar-refractivity contribution is -0.133. The number of carbonyl (C=O) groups is 1. The van der Waals surface area contributed by atoms with E-state index < -0.39 is 5.97 Å². The fourth-order valence-electron chi connectivity index (χ4n) is 2.40. The van der Waals surface area contributed by atoms with Crippen LogP contribution >= 0.6 is 23.2 Å². The van der Waals surface area contributed by atoms with Gasteiger partial charge in [-0.25, -0.2) is 4.79 Å². The topological polar surface area (TPSA) is 46.5 Å². The molecule has 0 bridgehead atoms. The molecule has 5 heteroatoms. The third kappa shape index (κ3) is 4.92. The van der Waals surface area contributed by atoms with E-state index in [4.69, 9.17) is 23.2 Å². The minimum Gasteiger partial charge on any atom is -0.508 e. The highest BCUT2D eigenvalue weighted by atomic mass is 35.5. The lowest BCUT2D eigenvalue weighted by Gasteiger charge is -2.12. The van der Waals surface area contributed by atoms with Crippen LogP contribution in [-0.2, 0) is 16.0 Å². The summed E-state index contributed by atoms with van der Waals surface area (Å²) in [5.74, 6) is 4.88. The van der Waals surface area contributed by atoms with Crippen molar-refractivity contribution in [2.75, 3.05) is 7.11 Å². The maximum absolute atomic E-state index is 11.1. The third-order valence-electron chi connectivity index (χ3n) is 3.73. The Morgan fingerprint density at radius 2 is 1.84 bits per heavy atom. The van der Waals surface area contributed by atoms with Crippen molar-refractivity contribution in [2.45, 2.75) is 26.2 Å². The molecule has 3 nitrogen and oxygen atoms in total. The zero-order valence-corrected chi connectivity index (χ0v) is 15.7. The van der Waals surface area contributed by atoms with E-state index >= 15 is 0 Å². The van der Waals surface area contributed by atoms with Gasteiger partial charge in [0.05, 0.1) is 7.11 Å². The first kappa shape index (κ1) is 19.2. The quantitative estimate of drug-likeness (QED) is 0.609. The summed E-state index contributed by atoms with van der Waals surface area (Å²) in [6.45, 7) is 4.04. The number of halogens is 2. The fraction of sp³-hybridized carbons (Fsp3) is 0.250. The lowest BCUT2D eigenvalue weighted by atomic mass is 9.96. The van der Waals surface area contributed by atoms with Crippen molar-refractivity contribution >= 4 is 29.2 Å². The second-order valence-electron chi connectivity index (χ2n) is 5.88. The Balaban J connectivity index is 2.33. The summed E-state index contributed by atoms with van der Waals surface area (Å²) in [5.41, 5.74) is 3.19. The van der Waals surface area contributed by atoms with Crippen LogP contribution in [0, 0.1) is 11.8 Å². The summed E-state index contributed by atoms with van der Waals surface area (Å²) in [7, 11) is 1.27. The first-order chi connectivity index (χ1) is 11.8. The summed E-state index contributed by atoms with van der Waals surface area (Å²) in [5, 5.41) is 10.9. The molecule has 2 aromatic rings. The van der Waals surface area contributed by atoms with Crippen molar-refractivity contribution in [1.82, 2.24) is 0 Å². The SMILES string of the molecule is COC(=O)C#Cc1cc(Cl)c(Cc2ccc(O)c(C(C)C)c2)c(Cl)c1. The van der Waals surface area contributed by atoms with Gasteiger partial charge in [0.15, 0.2) is 0 Å². The number of aromatic hydroxyl groups is 1. The summed E-state index contributed by atoms with van der Waals surface area (Å²) in [6, 6.07) is 8.82. The normalized spacial score (nSPS) is 10.3. The zero-order valence-electron chi connectivity index (χ0n) is 14.2. The predicted octanol–water partition coefficient (Wildman–Crippen LogP) is 4.94. The maximum atomic E-state index is 11.1. The van der Waals surface area contributed by atoms with E-state index in [2.05, 4.69) is 16.6 Å². The third-order valence-corrected chi connectivity index (χ3v) is 4.40. The number of esters is 1. The molecule has 2 rings (SSSR count). The second-order valence-corrected chi connectivity index (χ2v) is 6.70. The van der Waals surface area contributed by atoms with Crippen molar-refractivity contribution in [1.29, 1.82) is 0 Å². The Morgan fingerprint density at radius 3 is 2.40 bits per heavy atom. The number of methoxy groups -OCH3 is 1. The van der Waals surface area contributed by atoms with E-state index in [1.165, 1.54) is 7.11 Å². The largest absolute Gasteiger partial charge is 0.508 e. The molecule has 0 aliphatic heterocycles. The van der Waals surface area contributed by atoms with Crippen LogP contribution in [0.3, 0.4) is 0 Å². The molecule has 0 saturated carbocycles. The highest BCUT2D eigenvalue weighted by Gasteiger charge is 2.12. The van der Waals surface area contributed by atoms with Crippen molar-refractivity contribution in [3.8, 4) is 17.6 Å². The molecule has 0 radical (unpaired) electrons. The Morgan fingerprint density at radius 1 is 1.20 bits per heavy atom. The van der Waals surface area contributed by atoms with Gasteiger partial charge in [0.1, 0.15) is 5.75 Å². The molecule has 0 heterocycles. The smallest absolute Gasteiger partial charge is 0.384 e. The fourth-order valence-corrected chi connectivity index (χ4v) is 3.02. The molecule has 25 heavy (non-hydrogen) atoms. The van der Waals surface area contributed by atoms with Crippen molar-refractivity contribution in [3.05, 3.63) is 62.6 Å². The van der Waals surface area contributed by atoms with Crippen LogP contribution < -0.4 is 0 Å². The summed E-state index contributed by atoms with van der Waals surface area (Å²) in [6.07, 6.45) is 0.530. The molecule has 0 spiro atoms. The maximum Gasteiger partial charge on any atom is 0.384 e. The van der Waals surface area contributed by atoms with Crippen LogP contribution in [-0.4, -0.2) is 18.2 Å². The molecular formula is C20H18Cl2O3. The monoisotopic (exact) mass is 376 g/mol. The van der Waals surface area contributed by atoms with E-state index in [1.807, 2.05) is 26.0 Å². The van der Waals surface area contributed by atoms with Crippen LogP contribution in [0.15, 0.2) is 30.3 Å². The molecule has 0 aromatic heterocycles. The van der Waals surface area contributed by atoms with Gasteiger partial charge in [0.25, 0.3) is 0 Å². The molecule has 0 atom stereocenters. The van der Waals surface area contributed by atoms with Gasteiger partial charge in [0.2, 0.25) is 0 Å². The number of carbonyl (C=O) groups excluding carboxylic acids is 1. The van der Waals surface area contributed by atoms with Gasteiger partial charge in [-0.15, -0.1) is 0 Å². The first-order valence-corrected chi connectivity index (χ1v) is 8.47. The summed E-state index contributed by atoms with van der Waals surface area (Å²) < 4.78 is 4.48. The van der Waals surface area contributed by atoms with Crippen LogP contribution in [0.25, 0.3) is 0 Å². The second kappa shape index (κ2) is 8.29. The van der Waals surface area contributed by atoms with Crippen molar-refractivity contribution in [2.24, 2.45) is 0 Å². The van der Waals surface area contributed by atoms with Crippen molar-refractivity contribution in [3.63, 3.8) is 0 Å². The van der Waals surface area contributed by atoms with Gasteiger partial charge < -0.3 is 9.84 Å². The molecule has 0 aliphatic carbocycles. The van der Waals surface area contributed by atoms with E-state index in [0.29, 0.717) is 22.0 Å². The Hall–Kier alpha value is -2.15. The van der Waals surface area contributed by atoms with E-state index in [-0.39, 0.29) is 11.7 Å². The summed E-state index contributed by atoms with van der Waals surface area (Å²) in [4.78, 5) is 11.1. The molecule has 0 aliphatic rings. The number of rotatable bonds is 3. The van der Waals surface area contributed by atoms with E-state index in [1.54, 1.807) is 18.2 Å². The Bertz CT molecular complexity index is 838. The van der Waals surface area contributed by atoms with Crippen LogP contribution in [0.4, 0.5) is 0 Å². The van der Waals surface area contributed by atoms with Gasteiger partial charge >= 0.3 is 5.97 Å². The molecule has 0 fully saturated rings. The Labute approximate surface area is 157 Å². The number of benzene rings is 2. The van der Waals surface area contributed by atoms with Gasteiger partial charge in [0, 0.05) is 27.9 Å². The minimum absolute atomic E-state index is 0.210. The van der Waals surface area contributed by atoms with Gasteiger partial charge in [-0.2, -0.15) is 0 Å². The van der Waals surface area contributed by atoms with Gasteiger partial charge in [-0.05, 0) is 40.8 Å². The molecule has 1 N–H and O–H groups in total. The van der Waals surface area contributed by atoms with Crippen LogP contribution in [0.1, 0.15) is 42.0 Å². The number of hydrogen-bond donors (Lipinski definition) is 1. The van der Waals surface area contributed by atoms with Crippen LogP contribution in [0.2, 0.25) is 10.0 Å². The highest BCUT2D eigenvalue weighted by Crippen LogP contribution is 2.31. The molecular weight excluding hydrogens is 359 g/mol. The average Bonchev–Trinajstić information content (AvgIpc) is 2.57. The molecule has 0 saturated heterocycles. The minimum atomic E-state index is -0.623. The number of phenolic OH excluding ortho intramolecular Hbond substituents is 1. The Kier molecular flexibility index (Phi) is 6.36. The molecule has 2 aromatic carbocycles. The molecule has 0 amide bonds. The number of ether oxygens (including phenoxy) is 1. The predicted molar refractivity (Wildman–Crippen MR) is 100 cm³/mol.